The van der Waals surface area contributed by atoms with E-state index in [2.05, 4.69) is 38.1 Å². The summed E-state index contributed by atoms with van der Waals surface area (Å²) in [5.74, 6) is 0.810. The van der Waals surface area contributed by atoms with Gasteiger partial charge in [0.05, 0.1) is 18.8 Å². The van der Waals surface area contributed by atoms with Gasteiger partial charge in [0.15, 0.2) is 0 Å². The van der Waals surface area contributed by atoms with E-state index in [4.69, 9.17) is 9.47 Å². The maximum Gasteiger partial charge on any atom is 0.335 e. The van der Waals surface area contributed by atoms with Crippen molar-refractivity contribution >= 4 is 5.97 Å². The first kappa shape index (κ1) is 28.3. The molecule has 198 valence electrons. The topological polar surface area (TPSA) is 55.8 Å². The molecule has 37 heavy (non-hydrogen) atoms. The molecule has 0 aliphatic carbocycles. The first-order valence-electron chi connectivity index (χ1n) is 14.0. The van der Waals surface area contributed by atoms with E-state index in [0.29, 0.717) is 6.61 Å². The minimum Gasteiger partial charge on any atom is -0.494 e. The standard InChI is InChI=1S/C33H42O4/c1-3-5-7-9-10-12-24-37-30-21-22-31(26-13-15-28(16-14-26)33(34)35)32(25-30)27-17-19-29(20-18-27)36-23-11-8-6-4-2/h13-22,25H,3-12,23-24H2,1-2H3,(H,34,35). The van der Waals surface area contributed by atoms with Gasteiger partial charge in [-0.2, -0.15) is 0 Å². The van der Waals surface area contributed by atoms with Crippen molar-refractivity contribution in [1.82, 2.24) is 0 Å². The van der Waals surface area contributed by atoms with Crippen molar-refractivity contribution < 1.29 is 19.4 Å². The average molecular weight is 503 g/mol. The lowest BCUT2D eigenvalue weighted by molar-refractivity contribution is 0.0697. The minimum absolute atomic E-state index is 0.282. The van der Waals surface area contributed by atoms with E-state index in [0.717, 1.165) is 53.2 Å². The highest BCUT2D eigenvalue weighted by Crippen LogP contribution is 2.36. The van der Waals surface area contributed by atoms with Gasteiger partial charge in [0, 0.05) is 0 Å². The molecule has 0 aromatic heterocycles. The molecule has 3 aromatic carbocycles. The molecule has 0 spiro atoms. The second-order valence-corrected chi connectivity index (χ2v) is 9.64. The van der Waals surface area contributed by atoms with Crippen LogP contribution in [-0.2, 0) is 0 Å². The van der Waals surface area contributed by atoms with Crippen LogP contribution in [0.3, 0.4) is 0 Å². The molecule has 3 aromatic rings. The second kappa shape index (κ2) is 15.8. The molecule has 4 nitrogen and oxygen atoms in total. The van der Waals surface area contributed by atoms with Crippen LogP contribution in [0.25, 0.3) is 22.3 Å². The largest absolute Gasteiger partial charge is 0.494 e. The molecule has 0 bridgehead atoms. The number of hydrogen-bond donors (Lipinski definition) is 1. The van der Waals surface area contributed by atoms with Crippen LogP contribution in [0.15, 0.2) is 66.7 Å². The maximum absolute atomic E-state index is 11.3. The molecule has 0 heterocycles. The van der Waals surface area contributed by atoms with Crippen molar-refractivity contribution in [1.29, 1.82) is 0 Å². The van der Waals surface area contributed by atoms with E-state index in [9.17, 15) is 9.90 Å². The molecule has 0 aliphatic heterocycles. The van der Waals surface area contributed by atoms with Crippen molar-refractivity contribution in [3.05, 3.63) is 72.3 Å². The van der Waals surface area contributed by atoms with Crippen LogP contribution in [0.4, 0.5) is 0 Å². The molecule has 0 unspecified atom stereocenters. The molecular formula is C33H42O4. The van der Waals surface area contributed by atoms with Crippen LogP contribution < -0.4 is 9.47 Å². The van der Waals surface area contributed by atoms with Crippen molar-refractivity contribution in [3.63, 3.8) is 0 Å². The Balaban J connectivity index is 1.75. The minimum atomic E-state index is -0.921. The number of aromatic carboxylic acids is 1. The highest BCUT2D eigenvalue weighted by Gasteiger charge is 2.11. The SMILES string of the molecule is CCCCCCCCOc1ccc(-c2ccc(C(=O)O)cc2)c(-c2ccc(OCCCCCC)cc2)c1. The van der Waals surface area contributed by atoms with E-state index >= 15 is 0 Å². The van der Waals surface area contributed by atoms with Gasteiger partial charge < -0.3 is 14.6 Å². The molecule has 0 saturated carbocycles. The maximum atomic E-state index is 11.3. The van der Waals surface area contributed by atoms with Gasteiger partial charge in [-0.25, -0.2) is 4.79 Å². The summed E-state index contributed by atoms with van der Waals surface area (Å²) in [6.07, 6.45) is 12.1. The zero-order valence-corrected chi connectivity index (χ0v) is 22.5. The Bertz CT molecular complexity index is 1070. The normalized spacial score (nSPS) is 10.9. The van der Waals surface area contributed by atoms with Gasteiger partial charge in [-0.1, -0.05) is 95.5 Å². The molecular weight excluding hydrogens is 460 g/mol. The molecule has 0 atom stereocenters. The Kier molecular flexibility index (Phi) is 12.1. The summed E-state index contributed by atoms with van der Waals surface area (Å²) < 4.78 is 12.1. The van der Waals surface area contributed by atoms with Gasteiger partial charge >= 0.3 is 5.97 Å². The highest BCUT2D eigenvalue weighted by molar-refractivity contribution is 5.90. The molecule has 0 fully saturated rings. The van der Waals surface area contributed by atoms with Crippen LogP contribution >= 0.6 is 0 Å². The Morgan fingerprint density at radius 1 is 0.595 bits per heavy atom. The fourth-order valence-corrected chi connectivity index (χ4v) is 4.42. The molecule has 0 amide bonds. The number of hydrogen-bond acceptors (Lipinski definition) is 3. The van der Waals surface area contributed by atoms with Crippen LogP contribution in [0, 0.1) is 0 Å². The zero-order chi connectivity index (χ0) is 26.3. The third-order valence-corrected chi connectivity index (χ3v) is 6.63. The lowest BCUT2D eigenvalue weighted by atomic mass is 9.93. The second-order valence-electron chi connectivity index (χ2n) is 9.64. The summed E-state index contributed by atoms with van der Waals surface area (Å²) >= 11 is 0. The third kappa shape index (κ3) is 9.27. The average Bonchev–Trinajstić information content (AvgIpc) is 2.93. The lowest BCUT2D eigenvalue weighted by Gasteiger charge is -2.15. The molecule has 0 saturated heterocycles. The fourth-order valence-electron chi connectivity index (χ4n) is 4.42. The number of rotatable bonds is 17. The van der Waals surface area contributed by atoms with Gasteiger partial charge in [0.1, 0.15) is 11.5 Å². The predicted molar refractivity (Wildman–Crippen MR) is 153 cm³/mol. The molecule has 3 rings (SSSR count). The summed E-state index contributed by atoms with van der Waals surface area (Å²) in [4.78, 5) is 11.3. The Labute approximate surface area is 222 Å². The van der Waals surface area contributed by atoms with Crippen LogP contribution in [-0.4, -0.2) is 24.3 Å². The molecule has 1 N–H and O–H groups in total. The van der Waals surface area contributed by atoms with Crippen LogP contribution in [0.1, 0.15) is 88.4 Å². The summed E-state index contributed by atoms with van der Waals surface area (Å²) in [7, 11) is 0. The summed E-state index contributed by atoms with van der Waals surface area (Å²) in [5, 5.41) is 9.28. The van der Waals surface area contributed by atoms with E-state index in [1.165, 1.54) is 51.4 Å². The number of carbonyl (C=O) groups is 1. The van der Waals surface area contributed by atoms with E-state index in [-0.39, 0.29) is 5.56 Å². The Hall–Kier alpha value is -3.27. The first-order valence-corrected chi connectivity index (χ1v) is 14.0. The fraction of sp³-hybridized carbons (Fsp3) is 0.424. The lowest BCUT2D eigenvalue weighted by Crippen LogP contribution is -1.99. The van der Waals surface area contributed by atoms with Gasteiger partial charge in [-0.3, -0.25) is 0 Å². The van der Waals surface area contributed by atoms with E-state index in [1.54, 1.807) is 12.1 Å². The van der Waals surface area contributed by atoms with E-state index < -0.39 is 5.97 Å². The van der Waals surface area contributed by atoms with Crippen LogP contribution in [0.2, 0.25) is 0 Å². The smallest absolute Gasteiger partial charge is 0.335 e. The molecule has 0 radical (unpaired) electrons. The predicted octanol–water partition coefficient (Wildman–Crippen LogP) is 9.42. The summed E-state index contributed by atoms with van der Waals surface area (Å²) in [6, 6.07) is 21.4. The van der Waals surface area contributed by atoms with Crippen molar-refractivity contribution in [2.45, 2.75) is 78.1 Å². The molecule has 4 heteroatoms. The zero-order valence-electron chi connectivity index (χ0n) is 22.5. The van der Waals surface area contributed by atoms with Crippen molar-refractivity contribution in [3.8, 4) is 33.8 Å². The summed E-state index contributed by atoms with van der Waals surface area (Å²) in [5.41, 5.74) is 4.42. The third-order valence-electron chi connectivity index (χ3n) is 6.63. The quantitative estimate of drug-likeness (QED) is 0.187. The number of benzene rings is 3. The van der Waals surface area contributed by atoms with Crippen LogP contribution in [0.5, 0.6) is 11.5 Å². The monoisotopic (exact) mass is 502 g/mol. The van der Waals surface area contributed by atoms with Gasteiger partial charge in [-0.15, -0.1) is 0 Å². The number of carboxylic acid groups (broad SMARTS) is 1. The highest BCUT2D eigenvalue weighted by atomic mass is 16.5. The van der Waals surface area contributed by atoms with E-state index in [1.807, 2.05) is 30.3 Å². The first-order chi connectivity index (χ1) is 18.1. The Morgan fingerprint density at radius 3 is 1.70 bits per heavy atom. The van der Waals surface area contributed by atoms with Gasteiger partial charge in [0.2, 0.25) is 0 Å². The number of ether oxygens (including phenoxy) is 2. The number of carboxylic acids is 1. The van der Waals surface area contributed by atoms with Crippen molar-refractivity contribution in [2.75, 3.05) is 13.2 Å². The number of unbranched alkanes of at least 4 members (excludes halogenated alkanes) is 8. The van der Waals surface area contributed by atoms with Gasteiger partial charge in [-0.05, 0) is 71.5 Å². The van der Waals surface area contributed by atoms with Crippen molar-refractivity contribution in [2.24, 2.45) is 0 Å². The van der Waals surface area contributed by atoms with Gasteiger partial charge in [0.25, 0.3) is 0 Å². The molecule has 0 aliphatic rings. The Morgan fingerprint density at radius 2 is 1.08 bits per heavy atom. The summed E-state index contributed by atoms with van der Waals surface area (Å²) in [6.45, 7) is 5.90.